The van der Waals surface area contributed by atoms with Gasteiger partial charge in [-0.2, -0.15) is 0 Å². The number of nitrogens with zero attached hydrogens (tertiary/aromatic N) is 2. The quantitative estimate of drug-likeness (QED) is 0.555. The summed E-state index contributed by atoms with van der Waals surface area (Å²) in [7, 11) is 1.44. The van der Waals surface area contributed by atoms with Gasteiger partial charge in [-0.15, -0.1) is 0 Å². The monoisotopic (exact) mass is 379 g/mol. The number of phenolic OH excluding ortho intramolecular Hbond substituents is 1. The molecule has 1 aromatic rings. The van der Waals surface area contributed by atoms with Crippen LogP contribution in [0.1, 0.15) is 37.7 Å². The molecule has 0 amide bonds. The van der Waals surface area contributed by atoms with Crippen LogP contribution in [-0.4, -0.2) is 60.4 Å². The lowest BCUT2D eigenvalue weighted by molar-refractivity contribution is -0.385. The lowest BCUT2D eigenvalue weighted by Crippen LogP contribution is -2.59. The Labute approximate surface area is 159 Å². The summed E-state index contributed by atoms with van der Waals surface area (Å²) in [6.45, 7) is 4.56. The SMILES string of the molecule is COc1cc(CNCC2(N3CCOCC3)CCCCC2)c([N+](=O)[O-])cc1O. The van der Waals surface area contributed by atoms with Gasteiger partial charge in [-0.3, -0.25) is 15.0 Å². The second-order valence-corrected chi connectivity index (χ2v) is 7.40. The first-order valence-corrected chi connectivity index (χ1v) is 9.63. The zero-order chi connectivity index (χ0) is 19.3. The molecule has 1 aliphatic heterocycles. The van der Waals surface area contributed by atoms with Gasteiger partial charge in [0.2, 0.25) is 0 Å². The van der Waals surface area contributed by atoms with E-state index in [0.717, 1.165) is 51.8 Å². The first-order valence-electron chi connectivity index (χ1n) is 9.63. The molecule has 150 valence electrons. The van der Waals surface area contributed by atoms with Crippen molar-refractivity contribution in [2.24, 2.45) is 0 Å². The van der Waals surface area contributed by atoms with Crippen molar-refractivity contribution in [3.05, 3.63) is 27.8 Å². The Hall–Kier alpha value is -1.90. The summed E-state index contributed by atoms with van der Waals surface area (Å²) in [5, 5.41) is 24.6. The van der Waals surface area contributed by atoms with E-state index in [0.29, 0.717) is 12.1 Å². The van der Waals surface area contributed by atoms with Gasteiger partial charge in [0.25, 0.3) is 5.69 Å². The zero-order valence-corrected chi connectivity index (χ0v) is 15.9. The zero-order valence-electron chi connectivity index (χ0n) is 15.9. The second-order valence-electron chi connectivity index (χ2n) is 7.40. The molecule has 3 rings (SSSR count). The molecule has 0 spiro atoms. The van der Waals surface area contributed by atoms with Crippen LogP contribution in [0.3, 0.4) is 0 Å². The van der Waals surface area contributed by atoms with E-state index in [4.69, 9.17) is 9.47 Å². The predicted octanol–water partition coefficient (Wildman–Crippen LogP) is 2.43. The number of ether oxygens (including phenoxy) is 2. The van der Waals surface area contributed by atoms with Crippen molar-refractivity contribution in [1.29, 1.82) is 0 Å². The summed E-state index contributed by atoms with van der Waals surface area (Å²) in [4.78, 5) is 13.4. The van der Waals surface area contributed by atoms with Gasteiger partial charge in [0, 0.05) is 37.3 Å². The van der Waals surface area contributed by atoms with Crippen LogP contribution >= 0.6 is 0 Å². The second kappa shape index (κ2) is 8.86. The fraction of sp³-hybridized carbons (Fsp3) is 0.684. The summed E-state index contributed by atoms with van der Waals surface area (Å²) >= 11 is 0. The maximum atomic E-state index is 11.4. The van der Waals surface area contributed by atoms with Gasteiger partial charge in [-0.1, -0.05) is 19.3 Å². The van der Waals surface area contributed by atoms with Crippen LogP contribution in [0, 0.1) is 10.1 Å². The van der Waals surface area contributed by atoms with Crippen LogP contribution in [0.5, 0.6) is 11.5 Å². The summed E-state index contributed by atoms with van der Waals surface area (Å²) in [5.74, 6) is 0.0305. The van der Waals surface area contributed by atoms with E-state index in [1.807, 2.05) is 0 Å². The van der Waals surface area contributed by atoms with E-state index in [9.17, 15) is 15.2 Å². The van der Waals surface area contributed by atoms with Crippen molar-refractivity contribution in [2.75, 3.05) is 40.0 Å². The number of hydrogen-bond donors (Lipinski definition) is 2. The number of morpholine rings is 1. The molecule has 27 heavy (non-hydrogen) atoms. The van der Waals surface area contributed by atoms with Crippen LogP contribution in [0.2, 0.25) is 0 Å². The molecule has 0 aromatic heterocycles. The third kappa shape index (κ3) is 4.51. The van der Waals surface area contributed by atoms with Crippen molar-refractivity contribution >= 4 is 5.69 Å². The Bertz CT molecular complexity index is 655. The number of benzene rings is 1. The molecule has 1 saturated carbocycles. The first-order chi connectivity index (χ1) is 13.1. The topological polar surface area (TPSA) is 97.1 Å². The van der Waals surface area contributed by atoms with Crippen molar-refractivity contribution in [3.8, 4) is 11.5 Å². The molecule has 1 aliphatic carbocycles. The fourth-order valence-electron chi connectivity index (χ4n) is 4.36. The number of nitro groups is 1. The maximum Gasteiger partial charge on any atom is 0.277 e. The highest BCUT2D eigenvalue weighted by molar-refractivity contribution is 5.53. The Morgan fingerprint density at radius 1 is 1.30 bits per heavy atom. The minimum Gasteiger partial charge on any atom is -0.504 e. The number of nitro benzene ring substituents is 1. The van der Waals surface area contributed by atoms with E-state index >= 15 is 0 Å². The molecule has 0 bridgehead atoms. The minimum absolute atomic E-state index is 0.0927. The van der Waals surface area contributed by atoms with E-state index in [-0.39, 0.29) is 22.7 Å². The van der Waals surface area contributed by atoms with Gasteiger partial charge in [-0.25, -0.2) is 0 Å². The Morgan fingerprint density at radius 3 is 2.63 bits per heavy atom. The number of hydrogen-bond acceptors (Lipinski definition) is 7. The van der Waals surface area contributed by atoms with Crippen molar-refractivity contribution in [3.63, 3.8) is 0 Å². The molecular formula is C19H29N3O5. The maximum absolute atomic E-state index is 11.4. The number of nitrogens with one attached hydrogen (secondary N) is 1. The molecular weight excluding hydrogens is 350 g/mol. The van der Waals surface area contributed by atoms with Crippen molar-refractivity contribution in [2.45, 2.75) is 44.2 Å². The van der Waals surface area contributed by atoms with Gasteiger partial charge < -0.3 is 19.9 Å². The molecule has 1 heterocycles. The fourth-order valence-corrected chi connectivity index (χ4v) is 4.36. The van der Waals surface area contributed by atoms with Crippen LogP contribution in [-0.2, 0) is 11.3 Å². The van der Waals surface area contributed by atoms with Crippen LogP contribution in [0.15, 0.2) is 12.1 Å². The summed E-state index contributed by atoms with van der Waals surface area (Å²) in [6, 6.07) is 2.71. The Morgan fingerprint density at radius 2 is 2.00 bits per heavy atom. The highest BCUT2D eigenvalue weighted by atomic mass is 16.6. The molecule has 1 aromatic carbocycles. The van der Waals surface area contributed by atoms with Crippen LogP contribution < -0.4 is 10.1 Å². The Kier molecular flexibility index (Phi) is 6.51. The molecule has 8 heteroatoms. The van der Waals surface area contributed by atoms with E-state index in [2.05, 4.69) is 10.2 Å². The molecule has 2 N–H and O–H groups in total. The van der Waals surface area contributed by atoms with Gasteiger partial charge in [0.05, 0.1) is 31.3 Å². The predicted molar refractivity (Wildman–Crippen MR) is 101 cm³/mol. The van der Waals surface area contributed by atoms with Gasteiger partial charge in [0.15, 0.2) is 11.5 Å². The standard InChI is InChI=1S/C19H29N3O5/c1-26-18-11-15(16(22(24)25)12-17(18)23)13-20-14-19(5-3-2-4-6-19)21-7-9-27-10-8-21/h11-12,20,23H,2-10,13-14H2,1H3. The van der Waals surface area contributed by atoms with Crippen LogP contribution in [0.25, 0.3) is 0 Å². The minimum atomic E-state index is -0.464. The van der Waals surface area contributed by atoms with Crippen LogP contribution in [0.4, 0.5) is 5.69 Å². The molecule has 0 atom stereocenters. The lowest BCUT2D eigenvalue weighted by Gasteiger charge is -2.48. The first kappa shape index (κ1) is 19.9. The molecule has 2 fully saturated rings. The average Bonchev–Trinajstić information content (AvgIpc) is 2.70. The summed E-state index contributed by atoms with van der Waals surface area (Å²) in [6.07, 6.45) is 5.98. The van der Waals surface area contributed by atoms with E-state index in [1.165, 1.54) is 26.4 Å². The van der Waals surface area contributed by atoms with E-state index < -0.39 is 4.92 Å². The summed E-state index contributed by atoms with van der Waals surface area (Å²) < 4.78 is 10.6. The lowest BCUT2D eigenvalue weighted by atomic mass is 9.79. The van der Waals surface area contributed by atoms with Gasteiger partial charge >= 0.3 is 0 Å². The van der Waals surface area contributed by atoms with Gasteiger partial charge in [0.1, 0.15) is 0 Å². The summed E-state index contributed by atoms with van der Waals surface area (Å²) in [5.41, 5.74) is 0.519. The largest absolute Gasteiger partial charge is 0.504 e. The van der Waals surface area contributed by atoms with Crippen molar-refractivity contribution in [1.82, 2.24) is 10.2 Å². The number of methoxy groups -OCH3 is 1. The third-order valence-corrected chi connectivity index (χ3v) is 5.81. The third-order valence-electron chi connectivity index (χ3n) is 5.81. The average molecular weight is 379 g/mol. The van der Waals surface area contributed by atoms with Gasteiger partial charge in [-0.05, 0) is 18.9 Å². The normalized spacial score (nSPS) is 20.3. The number of rotatable bonds is 7. The molecule has 8 nitrogen and oxygen atoms in total. The smallest absolute Gasteiger partial charge is 0.277 e. The Balaban J connectivity index is 1.72. The number of phenols is 1. The molecule has 0 radical (unpaired) electrons. The van der Waals surface area contributed by atoms with Crippen molar-refractivity contribution < 1.29 is 19.5 Å². The molecule has 0 unspecified atom stereocenters. The highest BCUT2D eigenvalue weighted by Gasteiger charge is 2.38. The van der Waals surface area contributed by atoms with E-state index in [1.54, 1.807) is 6.07 Å². The molecule has 1 saturated heterocycles. The number of aromatic hydroxyl groups is 1. The molecule has 2 aliphatic rings. The highest BCUT2D eigenvalue weighted by Crippen LogP contribution is 2.35.